The van der Waals surface area contributed by atoms with Gasteiger partial charge in [0.05, 0.1) is 10.6 Å². The molecule has 0 radical (unpaired) electrons. The van der Waals surface area contributed by atoms with Crippen molar-refractivity contribution in [3.05, 3.63) is 29.8 Å². The van der Waals surface area contributed by atoms with Gasteiger partial charge in [-0.3, -0.25) is 0 Å². The Labute approximate surface area is 119 Å². The number of nitrogens with two attached hydrogens (primary N) is 1. The van der Waals surface area contributed by atoms with Crippen molar-refractivity contribution >= 4 is 9.84 Å². The van der Waals surface area contributed by atoms with Gasteiger partial charge in [-0.2, -0.15) is 0 Å². The summed E-state index contributed by atoms with van der Waals surface area (Å²) in [5, 5.41) is 0. The van der Waals surface area contributed by atoms with Crippen molar-refractivity contribution < 1.29 is 17.2 Å². The van der Waals surface area contributed by atoms with Gasteiger partial charge in [0.25, 0.3) is 0 Å². The molecule has 0 unspecified atom stereocenters. The maximum absolute atomic E-state index is 13.0. The SMILES string of the molecule is CC(C)(CN)CCCCS(=O)(=O)c1ccc(F)c(F)c1. The van der Waals surface area contributed by atoms with Crippen LogP contribution in [0.25, 0.3) is 0 Å². The molecule has 0 heterocycles. The molecule has 0 aliphatic carbocycles. The van der Waals surface area contributed by atoms with Crippen LogP contribution >= 0.6 is 0 Å². The lowest BCUT2D eigenvalue weighted by Gasteiger charge is -2.21. The smallest absolute Gasteiger partial charge is 0.178 e. The molecule has 0 atom stereocenters. The molecule has 0 amide bonds. The number of halogens is 2. The van der Waals surface area contributed by atoms with Gasteiger partial charge in [-0.25, -0.2) is 17.2 Å². The average Bonchev–Trinajstić information content (AvgIpc) is 2.38. The van der Waals surface area contributed by atoms with Crippen LogP contribution in [0.1, 0.15) is 33.1 Å². The molecule has 1 aromatic rings. The van der Waals surface area contributed by atoms with Crippen LogP contribution in [0.2, 0.25) is 0 Å². The number of hydrogen-bond donors (Lipinski definition) is 1. The molecular weight excluding hydrogens is 284 g/mol. The van der Waals surface area contributed by atoms with Gasteiger partial charge in [0.15, 0.2) is 21.5 Å². The van der Waals surface area contributed by atoms with E-state index in [2.05, 4.69) is 0 Å². The summed E-state index contributed by atoms with van der Waals surface area (Å²) in [5.41, 5.74) is 5.59. The molecule has 0 fully saturated rings. The van der Waals surface area contributed by atoms with Gasteiger partial charge in [0, 0.05) is 0 Å². The molecule has 1 aromatic carbocycles. The van der Waals surface area contributed by atoms with E-state index in [1.54, 1.807) is 0 Å². The van der Waals surface area contributed by atoms with Gasteiger partial charge in [0.1, 0.15) is 0 Å². The highest BCUT2D eigenvalue weighted by atomic mass is 32.2. The van der Waals surface area contributed by atoms with E-state index in [9.17, 15) is 17.2 Å². The molecule has 0 aliphatic rings. The Morgan fingerprint density at radius 2 is 1.80 bits per heavy atom. The minimum atomic E-state index is -3.56. The number of rotatable bonds is 7. The van der Waals surface area contributed by atoms with Crippen molar-refractivity contribution in [2.45, 2.75) is 38.0 Å². The largest absolute Gasteiger partial charge is 0.330 e. The fraction of sp³-hybridized carbons (Fsp3) is 0.571. The fourth-order valence-corrected chi connectivity index (χ4v) is 3.16. The van der Waals surface area contributed by atoms with E-state index in [-0.39, 0.29) is 16.1 Å². The Bertz CT molecular complexity index is 556. The van der Waals surface area contributed by atoms with Crippen molar-refractivity contribution in [1.82, 2.24) is 0 Å². The molecule has 1 rings (SSSR count). The second kappa shape index (κ2) is 6.63. The van der Waals surface area contributed by atoms with E-state index in [0.29, 0.717) is 13.0 Å². The summed E-state index contributed by atoms with van der Waals surface area (Å²) in [4.78, 5) is -0.172. The van der Waals surface area contributed by atoms with E-state index in [4.69, 9.17) is 5.73 Å². The zero-order valence-electron chi connectivity index (χ0n) is 11.8. The summed E-state index contributed by atoms with van der Waals surface area (Å²) in [6.07, 6.45) is 2.04. The molecule has 0 saturated heterocycles. The Morgan fingerprint density at radius 1 is 1.15 bits per heavy atom. The highest BCUT2D eigenvalue weighted by molar-refractivity contribution is 7.91. The van der Waals surface area contributed by atoms with Gasteiger partial charge < -0.3 is 5.73 Å². The highest BCUT2D eigenvalue weighted by Crippen LogP contribution is 2.22. The zero-order chi connectivity index (χ0) is 15.4. The molecular formula is C14H21F2NO2S. The predicted octanol–water partition coefficient (Wildman–Crippen LogP) is 2.89. The zero-order valence-corrected chi connectivity index (χ0v) is 12.6. The summed E-state index contributed by atoms with van der Waals surface area (Å²) in [5.74, 6) is -2.26. The normalized spacial score (nSPS) is 12.7. The maximum atomic E-state index is 13.0. The van der Waals surface area contributed by atoms with Crippen molar-refractivity contribution in [2.75, 3.05) is 12.3 Å². The minimum absolute atomic E-state index is 0.00819. The molecule has 3 nitrogen and oxygen atoms in total. The first-order valence-electron chi connectivity index (χ1n) is 6.56. The molecule has 114 valence electrons. The summed E-state index contributed by atoms with van der Waals surface area (Å²) in [6.45, 7) is 4.59. The van der Waals surface area contributed by atoms with Gasteiger partial charge in [0.2, 0.25) is 0 Å². The third-order valence-corrected chi connectivity index (χ3v) is 5.12. The van der Waals surface area contributed by atoms with E-state index in [0.717, 1.165) is 31.0 Å². The second-order valence-electron chi connectivity index (χ2n) is 5.72. The van der Waals surface area contributed by atoms with Gasteiger partial charge >= 0.3 is 0 Å². The van der Waals surface area contributed by atoms with Gasteiger partial charge in [-0.15, -0.1) is 0 Å². The van der Waals surface area contributed by atoms with Crippen molar-refractivity contribution in [2.24, 2.45) is 11.1 Å². The average molecular weight is 305 g/mol. The van der Waals surface area contributed by atoms with Crippen LogP contribution in [-0.2, 0) is 9.84 Å². The standard InChI is InChI=1S/C14H21F2NO2S/c1-14(2,10-17)7-3-4-8-20(18,19)11-5-6-12(15)13(16)9-11/h5-6,9H,3-4,7-8,10,17H2,1-2H3. The highest BCUT2D eigenvalue weighted by Gasteiger charge is 2.18. The van der Waals surface area contributed by atoms with Crippen LogP contribution < -0.4 is 5.73 Å². The first kappa shape index (κ1) is 17.0. The van der Waals surface area contributed by atoms with Crippen molar-refractivity contribution in [3.63, 3.8) is 0 Å². The number of sulfone groups is 1. The molecule has 0 spiro atoms. The maximum Gasteiger partial charge on any atom is 0.178 e. The molecule has 2 N–H and O–H groups in total. The van der Waals surface area contributed by atoms with Crippen LogP contribution in [0.4, 0.5) is 8.78 Å². The lowest BCUT2D eigenvalue weighted by Crippen LogP contribution is -2.23. The van der Waals surface area contributed by atoms with Crippen LogP contribution in [-0.4, -0.2) is 20.7 Å². The number of benzene rings is 1. The Balaban J connectivity index is 2.60. The molecule has 6 heteroatoms. The van der Waals surface area contributed by atoms with Gasteiger partial charge in [-0.05, 0) is 43.0 Å². The number of unbranched alkanes of at least 4 members (excludes halogenated alkanes) is 1. The Morgan fingerprint density at radius 3 is 2.35 bits per heavy atom. The molecule has 0 saturated carbocycles. The van der Waals surface area contributed by atoms with Crippen LogP contribution in [0.15, 0.2) is 23.1 Å². The van der Waals surface area contributed by atoms with Crippen LogP contribution in [0, 0.1) is 17.0 Å². The van der Waals surface area contributed by atoms with E-state index >= 15 is 0 Å². The molecule has 0 bridgehead atoms. The first-order chi connectivity index (χ1) is 9.18. The van der Waals surface area contributed by atoms with Crippen LogP contribution in [0.5, 0.6) is 0 Å². The molecule has 0 aromatic heterocycles. The quantitative estimate of drug-likeness (QED) is 0.622. The third-order valence-electron chi connectivity index (χ3n) is 3.32. The predicted molar refractivity (Wildman–Crippen MR) is 75.1 cm³/mol. The van der Waals surface area contributed by atoms with E-state index in [1.807, 2.05) is 13.8 Å². The molecule has 0 aliphatic heterocycles. The fourth-order valence-electron chi connectivity index (χ4n) is 1.79. The Kier molecular flexibility index (Phi) is 5.65. The summed E-state index contributed by atoms with van der Waals surface area (Å²) < 4.78 is 49.8. The van der Waals surface area contributed by atoms with Crippen molar-refractivity contribution in [3.8, 4) is 0 Å². The molecule has 20 heavy (non-hydrogen) atoms. The van der Waals surface area contributed by atoms with E-state index in [1.165, 1.54) is 0 Å². The Hall–Kier alpha value is -1.01. The summed E-state index contributed by atoms with van der Waals surface area (Å²) >= 11 is 0. The van der Waals surface area contributed by atoms with Crippen LogP contribution in [0.3, 0.4) is 0 Å². The third kappa shape index (κ3) is 4.83. The lowest BCUT2D eigenvalue weighted by atomic mass is 9.88. The minimum Gasteiger partial charge on any atom is -0.330 e. The number of hydrogen-bond acceptors (Lipinski definition) is 3. The van der Waals surface area contributed by atoms with Crippen molar-refractivity contribution in [1.29, 1.82) is 0 Å². The second-order valence-corrected chi connectivity index (χ2v) is 7.83. The lowest BCUT2D eigenvalue weighted by molar-refractivity contribution is 0.335. The van der Waals surface area contributed by atoms with E-state index < -0.39 is 21.5 Å². The summed E-state index contributed by atoms with van der Waals surface area (Å²) in [6, 6.07) is 2.66. The topological polar surface area (TPSA) is 60.2 Å². The van der Waals surface area contributed by atoms with Gasteiger partial charge in [-0.1, -0.05) is 20.3 Å². The first-order valence-corrected chi connectivity index (χ1v) is 8.21. The monoisotopic (exact) mass is 305 g/mol. The summed E-state index contributed by atoms with van der Waals surface area (Å²) in [7, 11) is -3.56.